The molecule has 4 rings (SSSR count). The summed E-state index contributed by atoms with van der Waals surface area (Å²) in [4.78, 5) is 17.0. The van der Waals surface area contributed by atoms with Gasteiger partial charge in [-0.25, -0.2) is 0 Å². The van der Waals surface area contributed by atoms with Crippen LogP contribution in [0.2, 0.25) is 0 Å². The fourth-order valence-corrected chi connectivity index (χ4v) is 3.81. The molecule has 3 aliphatic rings. The van der Waals surface area contributed by atoms with E-state index < -0.39 is 0 Å². The fourth-order valence-electron chi connectivity index (χ4n) is 3.81. The van der Waals surface area contributed by atoms with E-state index in [4.69, 9.17) is 0 Å². The maximum Gasteiger partial charge on any atom is 0.230 e. The molecule has 2 fully saturated rings. The van der Waals surface area contributed by atoms with Gasteiger partial charge in [0.1, 0.15) is 0 Å². The standard InChI is InChI=1S/C19H27N3O/c23-19(16-4-5-16)22-10-1-2-17-14-15(3-6-18(17)22)7-11-21-12-8-20-9-13-21/h3,6,14,16,20H,1-2,4-5,7-13H2. The van der Waals surface area contributed by atoms with E-state index in [9.17, 15) is 4.79 Å². The van der Waals surface area contributed by atoms with Crippen LogP contribution in [0.3, 0.4) is 0 Å². The van der Waals surface area contributed by atoms with Crippen LogP contribution in [0, 0.1) is 5.92 Å². The van der Waals surface area contributed by atoms with Gasteiger partial charge in [0.2, 0.25) is 5.91 Å². The molecule has 0 unspecified atom stereocenters. The van der Waals surface area contributed by atoms with Crippen LogP contribution in [0.15, 0.2) is 18.2 Å². The molecule has 23 heavy (non-hydrogen) atoms. The topological polar surface area (TPSA) is 35.6 Å². The number of hydrogen-bond acceptors (Lipinski definition) is 3. The zero-order valence-electron chi connectivity index (χ0n) is 13.9. The van der Waals surface area contributed by atoms with Gasteiger partial charge < -0.3 is 15.1 Å². The van der Waals surface area contributed by atoms with Gasteiger partial charge in [0.15, 0.2) is 0 Å². The number of piperazine rings is 1. The summed E-state index contributed by atoms with van der Waals surface area (Å²) in [5.41, 5.74) is 3.98. The van der Waals surface area contributed by atoms with Crippen LogP contribution >= 0.6 is 0 Å². The summed E-state index contributed by atoms with van der Waals surface area (Å²) in [6, 6.07) is 6.78. The number of anilines is 1. The molecule has 0 aromatic heterocycles. The second kappa shape index (κ2) is 6.62. The number of nitrogens with one attached hydrogen (secondary N) is 1. The normalized spacial score (nSPS) is 22.0. The molecule has 4 heteroatoms. The third kappa shape index (κ3) is 3.43. The Kier molecular flexibility index (Phi) is 4.36. The summed E-state index contributed by atoms with van der Waals surface area (Å²) in [6.45, 7) is 6.60. The lowest BCUT2D eigenvalue weighted by molar-refractivity contribution is -0.119. The predicted molar refractivity (Wildman–Crippen MR) is 92.9 cm³/mol. The second-order valence-corrected chi connectivity index (χ2v) is 7.17. The summed E-state index contributed by atoms with van der Waals surface area (Å²) >= 11 is 0. The molecule has 1 aromatic rings. The summed E-state index contributed by atoms with van der Waals surface area (Å²) < 4.78 is 0. The molecule has 0 bridgehead atoms. The van der Waals surface area contributed by atoms with Crippen molar-refractivity contribution in [2.24, 2.45) is 5.92 Å². The van der Waals surface area contributed by atoms with Gasteiger partial charge in [-0.1, -0.05) is 12.1 Å². The van der Waals surface area contributed by atoms with E-state index >= 15 is 0 Å². The van der Waals surface area contributed by atoms with Crippen molar-refractivity contribution in [1.29, 1.82) is 0 Å². The van der Waals surface area contributed by atoms with Crippen LogP contribution < -0.4 is 10.2 Å². The van der Waals surface area contributed by atoms with Gasteiger partial charge >= 0.3 is 0 Å². The van der Waals surface area contributed by atoms with E-state index in [2.05, 4.69) is 33.3 Å². The Labute approximate surface area is 138 Å². The van der Waals surface area contributed by atoms with Crippen molar-refractivity contribution in [1.82, 2.24) is 10.2 Å². The minimum absolute atomic E-state index is 0.313. The first kappa shape index (κ1) is 15.2. The SMILES string of the molecule is O=C(C1CC1)N1CCCc2cc(CCN3CCNCC3)ccc21. The Bertz CT molecular complexity index is 576. The molecule has 1 saturated carbocycles. The van der Waals surface area contributed by atoms with E-state index in [1.807, 2.05) is 0 Å². The number of carbonyl (C=O) groups is 1. The summed E-state index contributed by atoms with van der Waals surface area (Å²) in [5, 5.41) is 3.40. The Morgan fingerprint density at radius 2 is 2.00 bits per heavy atom. The minimum Gasteiger partial charge on any atom is -0.314 e. The quantitative estimate of drug-likeness (QED) is 0.921. The van der Waals surface area contributed by atoms with E-state index in [-0.39, 0.29) is 0 Å². The molecule has 4 nitrogen and oxygen atoms in total. The lowest BCUT2D eigenvalue weighted by atomic mass is 9.97. The van der Waals surface area contributed by atoms with Gasteiger partial charge in [0.05, 0.1) is 0 Å². The van der Waals surface area contributed by atoms with Crippen LogP contribution in [0.4, 0.5) is 5.69 Å². The number of rotatable bonds is 4. The molecule has 1 N–H and O–H groups in total. The van der Waals surface area contributed by atoms with Crippen molar-refractivity contribution >= 4 is 11.6 Å². The zero-order valence-corrected chi connectivity index (χ0v) is 13.9. The van der Waals surface area contributed by atoms with Crippen LogP contribution in [-0.4, -0.2) is 50.1 Å². The molecule has 0 atom stereocenters. The molecule has 2 heterocycles. The Hall–Kier alpha value is -1.39. The minimum atomic E-state index is 0.313. The van der Waals surface area contributed by atoms with Crippen LogP contribution in [0.1, 0.15) is 30.4 Å². The highest BCUT2D eigenvalue weighted by molar-refractivity contribution is 5.97. The number of fused-ring (bicyclic) bond motifs is 1. The first-order valence-electron chi connectivity index (χ1n) is 9.17. The predicted octanol–water partition coefficient (Wildman–Crippen LogP) is 1.82. The van der Waals surface area contributed by atoms with Crippen molar-refractivity contribution in [3.63, 3.8) is 0 Å². The number of benzene rings is 1. The highest BCUT2D eigenvalue weighted by Gasteiger charge is 2.35. The lowest BCUT2D eigenvalue weighted by Crippen LogP contribution is -2.44. The van der Waals surface area contributed by atoms with E-state index in [1.54, 1.807) is 0 Å². The van der Waals surface area contributed by atoms with Crippen molar-refractivity contribution in [3.8, 4) is 0 Å². The molecule has 0 spiro atoms. The lowest BCUT2D eigenvalue weighted by Gasteiger charge is -2.30. The highest BCUT2D eigenvalue weighted by Crippen LogP contribution is 2.36. The third-order valence-electron chi connectivity index (χ3n) is 5.38. The molecule has 1 aliphatic carbocycles. The zero-order chi connectivity index (χ0) is 15.6. The molecule has 0 radical (unpaired) electrons. The molecule has 1 saturated heterocycles. The largest absolute Gasteiger partial charge is 0.314 e. The molecule has 1 amide bonds. The number of carbonyl (C=O) groups excluding carboxylic acids is 1. The second-order valence-electron chi connectivity index (χ2n) is 7.17. The fraction of sp³-hybridized carbons (Fsp3) is 0.632. The van der Waals surface area contributed by atoms with Crippen LogP contribution in [-0.2, 0) is 17.6 Å². The summed E-state index contributed by atoms with van der Waals surface area (Å²) in [6.07, 6.45) is 5.52. The molecule has 2 aliphatic heterocycles. The monoisotopic (exact) mass is 313 g/mol. The Morgan fingerprint density at radius 1 is 1.17 bits per heavy atom. The van der Waals surface area contributed by atoms with Gasteiger partial charge in [0.25, 0.3) is 0 Å². The van der Waals surface area contributed by atoms with Gasteiger partial charge in [-0.15, -0.1) is 0 Å². The summed E-state index contributed by atoms with van der Waals surface area (Å²) in [7, 11) is 0. The number of nitrogens with zero attached hydrogens (tertiary/aromatic N) is 2. The number of aryl methyl sites for hydroxylation is 1. The van der Waals surface area contributed by atoms with Crippen LogP contribution in [0.25, 0.3) is 0 Å². The van der Waals surface area contributed by atoms with Crippen molar-refractivity contribution in [3.05, 3.63) is 29.3 Å². The van der Waals surface area contributed by atoms with Gasteiger partial charge in [-0.3, -0.25) is 4.79 Å². The first-order chi connectivity index (χ1) is 11.3. The van der Waals surface area contributed by atoms with Crippen molar-refractivity contribution < 1.29 is 4.79 Å². The maximum absolute atomic E-state index is 12.5. The van der Waals surface area contributed by atoms with E-state index in [0.717, 1.165) is 71.4 Å². The summed E-state index contributed by atoms with van der Waals surface area (Å²) in [5.74, 6) is 0.674. The third-order valence-corrected chi connectivity index (χ3v) is 5.38. The highest BCUT2D eigenvalue weighted by atomic mass is 16.2. The van der Waals surface area contributed by atoms with Crippen molar-refractivity contribution in [2.75, 3.05) is 44.2 Å². The first-order valence-corrected chi connectivity index (χ1v) is 9.17. The molecular formula is C19H27N3O. The molecule has 1 aromatic carbocycles. The van der Waals surface area contributed by atoms with Gasteiger partial charge in [0, 0.05) is 50.9 Å². The van der Waals surface area contributed by atoms with Crippen LogP contribution in [0.5, 0.6) is 0 Å². The van der Waals surface area contributed by atoms with E-state index in [0.29, 0.717) is 11.8 Å². The Morgan fingerprint density at radius 3 is 2.78 bits per heavy atom. The smallest absolute Gasteiger partial charge is 0.230 e. The maximum atomic E-state index is 12.5. The average Bonchev–Trinajstić information content (AvgIpc) is 3.44. The Balaban J connectivity index is 1.43. The van der Waals surface area contributed by atoms with Gasteiger partial charge in [-0.05, 0) is 49.3 Å². The molecule has 124 valence electrons. The van der Waals surface area contributed by atoms with Gasteiger partial charge in [-0.2, -0.15) is 0 Å². The van der Waals surface area contributed by atoms with Crippen molar-refractivity contribution in [2.45, 2.75) is 32.1 Å². The molecular weight excluding hydrogens is 286 g/mol. The van der Waals surface area contributed by atoms with E-state index in [1.165, 1.54) is 16.8 Å². The average molecular weight is 313 g/mol. The number of hydrogen-bond donors (Lipinski definition) is 1. The number of amides is 1.